The average molecular weight is 265 g/mol. The Hall–Kier alpha value is -0.0400. The number of nitrogens with zero attached hydrogens (tertiary/aromatic N) is 1. The van der Waals surface area contributed by atoms with Crippen LogP contribution in [0.1, 0.15) is 84.5 Å². The average Bonchev–Trinajstić information content (AvgIpc) is 2.89. The van der Waals surface area contributed by atoms with Crippen LogP contribution in [0.4, 0.5) is 0 Å². The van der Waals surface area contributed by atoms with Crippen LogP contribution >= 0.6 is 0 Å². The van der Waals surface area contributed by atoms with Gasteiger partial charge in [0, 0.05) is 12.6 Å². The van der Waals surface area contributed by atoms with Crippen LogP contribution in [0.3, 0.4) is 0 Å². The molecular weight excluding hydrogens is 230 g/mol. The Morgan fingerprint density at radius 3 is 2.63 bits per heavy atom. The number of rotatable bonds is 8. The molecule has 0 aliphatic carbocycles. The van der Waals surface area contributed by atoms with Gasteiger partial charge in [0.1, 0.15) is 0 Å². The van der Waals surface area contributed by atoms with Gasteiger partial charge in [-0.3, -0.25) is 0 Å². The summed E-state index contributed by atoms with van der Waals surface area (Å²) < 4.78 is 0. The van der Waals surface area contributed by atoms with Gasteiger partial charge in [0.05, 0.1) is 0 Å². The standard InChI is InChI=1S/C18H35N/c1-3-5-6-7-10-16(9-4-2)17-12-13-18-11-8-14-19(18)15-17/h16-18H,3-15H2,1-2H3. The molecule has 112 valence electrons. The van der Waals surface area contributed by atoms with E-state index in [1.54, 1.807) is 0 Å². The Balaban J connectivity index is 1.77. The van der Waals surface area contributed by atoms with E-state index >= 15 is 0 Å². The molecule has 0 bridgehead atoms. The van der Waals surface area contributed by atoms with Gasteiger partial charge in [-0.25, -0.2) is 0 Å². The Labute approximate surface area is 121 Å². The third kappa shape index (κ3) is 4.48. The SMILES string of the molecule is CCCCCCC(CCC)C1CCC2CCCN2C1. The van der Waals surface area contributed by atoms with E-state index in [0.29, 0.717) is 0 Å². The molecule has 0 radical (unpaired) electrons. The molecule has 0 aromatic rings. The molecule has 2 aliphatic rings. The molecular formula is C18H35N. The first-order chi connectivity index (χ1) is 9.35. The second kappa shape index (κ2) is 8.29. The summed E-state index contributed by atoms with van der Waals surface area (Å²) in [4.78, 5) is 2.82. The minimum Gasteiger partial charge on any atom is -0.300 e. The van der Waals surface area contributed by atoms with E-state index in [2.05, 4.69) is 18.7 Å². The largest absolute Gasteiger partial charge is 0.300 e. The van der Waals surface area contributed by atoms with Gasteiger partial charge in [-0.2, -0.15) is 0 Å². The number of piperidine rings is 1. The van der Waals surface area contributed by atoms with E-state index < -0.39 is 0 Å². The van der Waals surface area contributed by atoms with E-state index in [1.165, 1.54) is 83.7 Å². The molecule has 19 heavy (non-hydrogen) atoms. The number of fused-ring (bicyclic) bond motifs is 1. The lowest BCUT2D eigenvalue weighted by atomic mass is 9.78. The molecule has 3 unspecified atom stereocenters. The van der Waals surface area contributed by atoms with Crippen molar-refractivity contribution >= 4 is 0 Å². The van der Waals surface area contributed by atoms with Gasteiger partial charge in [0.25, 0.3) is 0 Å². The van der Waals surface area contributed by atoms with E-state index in [1.807, 2.05) is 0 Å². The first-order valence-corrected chi connectivity index (χ1v) is 9.09. The van der Waals surface area contributed by atoms with Gasteiger partial charge in [-0.1, -0.05) is 58.8 Å². The van der Waals surface area contributed by atoms with Gasteiger partial charge in [-0.15, -0.1) is 0 Å². The fourth-order valence-electron chi connectivity index (χ4n) is 4.47. The van der Waals surface area contributed by atoms with Gasteiger partial charge in [-0.05, 0) is 44.1 Å². The lowest BCUT2D eigenvalue weighted by Crippen LogP contribution is -2.41. The molecule has 0 saturated carbocycles. The summed E-state index contributed by atoms with van der Waals surface area (Å²) >= 11 is 0. The lowest BCUT2D eigenvalue weighted by molar-refractivity contribution is 0.103. The molecule has 2 rings (SSSR count). The molecule has 0 aromatic heterocycles. The normalized spacial score (nSPS) is 29.4. The summed E-state index contributed by atoms with van der Waals surface area (Å²) in [6.45, 7) is 7.53. The Bertz CT molecular complexity index is 238. The highest BCUT2D eigenvalue weighted by atomic mass is 15.2. The van der Waals surface area contributed by atoms with Gasteiger partial charge < -0.3 is 4.90 Å². The third-order valence-corrected chi connectivity index (χ3v) is 5.59. The third-order valence-electron chi connectivity index (χ3n) is 5.59. The van der Waals surface area contributed by atoms with Crippen molar-refractivity contribution < 1.29 is 0 Å². The van der Waals surface area contributed by atoms with Crippen molar-refractivity contribution in [3.63, 3.8) is 0 Å². The Kier molecular flexibility index (Phi) is 6.70. The molecule has 1 nitrogen and oxygen atoms in total. The van der Waals surface area contributed by atoms with Crippen LogP contribution in [0, 0.1) is 11.8 Å². The smallest absolute Gasteiger partial charge is 0.00959 e. The first-order valence-electron chi connectivity index (χ1n) is 9.09. The summed E-state index contributed by atoms with van der Waals surface area (Å²) in [5.41, 5.74) is 0. The van der Waals surface area contributed by atoms with Crippen LogP contribution in [0.25, 0.3) is 0 Å². The maximum absolute atomic E-state index is 2.82. The highest BCUT2D eigenvalue weighted by Crippen LogP contribution is 2.36. The Morgan fingerprint density at radius 2 is 1.84 bits per heavy atom. The van der Waals surface area contributed by atoms with Gasteiger partial charge >= 0.3 is 0 Å². The van der Waals surface area contributed by atoms with Gasteiger partial charge in [0.15, 0.2) is 0 Å². The minimum atomic E-state index is 0.971. The van der Waals surface area contributed by atoms with Crippen LogP contribution in [-0.2, 0) is 0 Å². The minimum absolute atomic E-state index is 0.971. The van der Waals surface area contributed by atoms with Crippen LogP contribution in [0.15, 0.2) is 0 Å². The monoisotopic (exact) mass is 265 g/mol. The maximum atomic E-state index is 2.82. The lowest BCUT2D eigenvalue weighted by Gasteiger charge is -2.39. The number of hydrogen-bond donors (Lipinski definition) is 0. The fourth-order valence-corrected chi connectivity index (χ4v) is 4.47. The quantitative estimate of drug-likeness (QED) is 0.542. The molecule has 1 heteroatoms. The van der Waals surface area contributed by atoms with E-state index in [-0.39, 0.29) is 0 Å². The van der Waals surface area contributed by atoms with Crippen molar-refractivity contribution in [2.24, 2.45) is 11.8 Å². The van der Waals surface area contributed by atoms with Crippen LogP contribution in [-0.4, -0.2) is 24.0 Å². The molecule has 2 saturated heterocycles. The van der Waals surface area contributed by atoms with Crippen molar-refractivity contribution in [2.45, 2.75) is 90.5 Å². The molecule has 0 aromatic carbocycles. The molecule has 2 fully saturated rings. The van der Waals surface area contributed by atoms with Crippen molar-refractivity contribution in [3.8, 4) is 0 Å². The van der Waals surface area contributed by atoms with Crippen LogP contribution < -0.4 is 0 Å². The topological polar surface area (TPSA) is 3.24 Å². The maximum Gasteiger partial charge on any atom is 0.00959 e. The van der Waals surface area contributed by atoms with Crippen molar-refractivity contribution in [2.75, 3.05) is 13.1 Å². The van der Waals surface area contributed by atoms with Crippen molar-refractivity contribution in [3.05, 3.63) is 0 Å². The molecule has 2 heterocycles. The van der Waals surface area contributed by atoms with Gasteiger partial charge in [0.2, 0.25) is 0 Å². The van der Waals surface area contributed by atoms with Crippen LogP contribution in [0.2, 0.25) is 0 Å². The highest BCUT2D eigenvalue weighted by Gasteiger charge is 2.34. The molecule has 0 amide bonds. The molecule has 2 aliphatic heterocycles. The second-order valence-electron chi connectivity index (χ2n) is 7.03. The fraction of sp³-hybridized carbons (Fsp3) is 1.00. The zero-order valence-corrected chi connectivity index (χ0v) is 13.4. The Morgan fingerprint density at radius 1 is 0.947 bits per heavy atom. The van der Waals surface area contributed by atoms with Crippen molar-refractivity contribution in [1.29, 1.82) is 0 Å². The predicted molar refractivity (Wildman–Crippen MR) is 84.5 cm³/mol. The van der Waals surface area contributed by atoms with E-state index in [0.717, 1.165) is 17.9 Å². The predicted octanol–water partition coefficient (Wildman–Crippen LogP) is 5.25. The zero-order chi connectivity index (χ0) is 13.5. The summed E-state index contributed by atoms with van der Waals surface area (Å²) in [5, 5.41) is 0. The second-order valence-corrected chi connectivity index (χ2v) is 7.03. The summed E-state index contributed by atoms with van der Waals surface area (Å²) in [5.74, 6) is 2.05. The first kappa shape index (κ1) is 15.4. The van der Waals surface area contributed by atoms with E-state index in [4.69, 9.17) is 0 Å². The summed E-state index contributed by atoms with van der Waals surface area (Å²) in [6.07, 6.45) is 16.1. The zero-order valence-electron chi connectivity index (χ0n) is 13.4. The molecule has 0 spiro atoms. The summed E-state index contributed by atoms with van der Waals surface area (Å²) in [7, 11) is 0. The highest BCUT2D eigenvalue weighted by molar-refractivity contribution is 4.88. The van der Waals surface area contributed by atoms with Crippen LogP contribution in [0.5, 0.6) is 0 Å². The van der Waals surface area contributed by atoms with Crippen molar-refractivity contribution in [1.82, 2.24) is 4.90 Å². The molecule has 0 N–H and O–H groups in total. The number of hydrogen-bond acceptors (Lipinski definition) is 1. The molecule has 3 atom stereocenters. The number of unbranched alkanes of at least 4 members (excludes halogenated alkanes) is 3. The van der Waals surface area contributed by atoms with E-state index in [9.17, 15) is 0 Å². The summed E-state index contributed by atoms with van der Waals surface area (Å²) in [6, 6.07) is 0.971.